The molecule has 25 heavy (non-hydrogen) atoms. The Hall–Kier alpha value is -2.44. The number of nitro groups is 1. The van der Waals surface area contributed by atoms with Crippen LogP contribution in [0, 0.1) is 22.0 Å². The van der Waals surface area contributed by atoms with Crippen LogP contribution in [0.1, 0.15) is 44.1 Å². The number of benzene rings is 1. The molecule has 0 aromatic heterocycles. The Morgan fingerprint density at radius 3 is 2.32 bits per heavy atom. The SMILES string of the molecule is O=C(O)C1CCCC(C(=O)N(Cc2ccc([N+](=O)[O-])cc2)C2CC2)C1. The molecule has 0 radical (unpaired) electrons. The standard InChI is InChI=1S/C18H22N2O5/c21-17(13-2-1-3-14(10-13)18(22)23)19(15-8-9-15)11-12-4-6-16(7-5-12)20(24)25/h4-7,13-15H,1-3,8-11H2,(H,22,23). The van der Waals surface area contributed by atoms with Crippen LogP contribution in [0.5, 0.6) is 0 Å². The van der Waals surface area contributed by atoms with Crippen LogP contribution < -0.4 is 0 Å². The number of rotatable bonds is 6. The normalized spacial score (nSPS) is 23.0. The van der Waals surface area contributed by atoms with E-state index in [1.54, 1.807) is 12.1 Å². The third-order valence-corrected chi connectivity index (χ3v) is 5.14. The minimum absolute atomic E-state index is 0.0321. The third-order valence-electron chi connectivity index (χ3n) is 5.14. The summed E-state index contributed by atoms with van der Waals surface area (Å²) >= 11 is 0. The second-order valence-electron chi connectivity index (χ2n) is 7.02. The predicted molar refractivity (Wildman–Crippen MR) is 89.8 cm³/mol. The molecule has 2 aliphatic rings. The first-order chi connectivity index (χ1) is 12.0. The van der Waals surface area contributed by atoms with Crippen LogP contribution in [0.15, 0.2) is 24.3 Å². The molecule has 2 saturated carbocycles. The molecule has 134 valence electrons. The largest absolute Gasteiger partial charge is 0.481 e. The lowest BCUT2D eigenvalue weighted by atomic mass is 9.80. The molecule has 7 heteroatoms. The first-order valence-electron chi connectivity index (χ1n) is 8.72. The molecule has 1 N–H and O–H groups in total. The van der Waals surface area contributed by atoms with Gasteiger partial charge in [0.25, 0.3) is 5.69 Å². The maximum absolute atomic E-state index is 13.0. The Bertz CT molecular complexity index is 669. The Balaban J connectivity index is 1.69. The lowest BCUT2D eigenvalue weighted by Crippen LogP contribution is -2.40. The fourth-order valence-electron chi connectivity index (χ4n) is 3.57. The molecule has 1 aromatic carbocycles. The molecule has 0 bridgehead atoms. The van der Waals surface area contributed by atoms with Gasteiger partial charge in [-0.2, -0.15) is 0 Å². The number of carboxylic acid groups (broad SMARTS) is 1. The number of nitrogens with zero attached hydrogens (tertiary/aromatic N) is 2. The van der Waals surface area contributed by atoms with Crippen molar-refractivity contribution in [2.45, 2.75) is 51.1 Å². The maximum atomic E-state index is 13.0. The molecule has 0 aliphatic heterocycles. The van der Waals surface area contributed by atoms with Crippen molar-refractivity contribution in [2.24, 2.45) is 11.8 Å². The van der Waals surface area contributed by atoms with Gasteiger partial charge < -0.3 is 10.0 Å². The summed E-state index contributed by atoms with van der Waals surface area (Å²) < 4.78 is 0. The zero-order valence-corrected chi connectivity index (χ0v) is 14.0. The lowest BCUT2D eigenvalue weighted by Gasteiger charge is -2.31. The molecule has 0 heterocycles. The van der Waals surface area contributed by atoms with Crippen LogP contribution in [0.2, 0.25) is 0 Å². The van der Waals surface area contributed by atoms with E-state index in [0.29, 0.717) is 19.4 Å². The van der Waals surface area contributed by atoms with Crippen molar-refractivity contribution in [3.05, 3.63) is 39.9 Å². The summed E-state index contributed by atoms with van der Waals surface area (Å²) in [5.41, 5.74) is 0.890. The van der Waals surface area contributed by atoms with Gasteiger partial charge >= 0.3 is 5.97 Å². The molecule has 3 rings (SSSR count). The van der Waals surface area contributed by atoms with E-state index in [2.05, 4.69) is 0 Å². The number of amides is 1. The average molecular weight is 346 g/mol. The number of hydrogen-bond acceptors (Lipinski definition) is 4. The predicted octanol–water partition coefficient (Wildman–Crippen LogP) is 2.98. The average Bonchev–Trinajstić information content (AvgIpc) is 3.44. The van der Waals surface area contributed by atoms with Gasteiger partial charge in [-0.05, 0) is 37.7 Å². The van der Waals surface area contributed by atoms with E-state index in [0.717, 1.165) is 31.2 Å². The molecule has 2 aliphatic carbocycles. The van der Waals surface area contributed by atoms with Crippen molar-refractivity contribution in [2.75, 3.05) is 0 Å². The van der Waals surface area contributed by atoms with Crippen LogP contribution in [-0.2, 0) is 16.1 Å². The smallest absolute Gasteiger partial charge is 0.306 e. The van der Waals surface area contributed by atoms with E-state index >= 15 is 0 Å². The Morgan fingerprint density at radius 2 is 1.76 bits per heavy atom. The summed E-state index contributed by atoms with van der Waals surface area (Å²) in [5.74, 6) is -1.44. The maximum Gasteiger partial charge on any atom is 0.306 e. The van der Waals surface area contributed by atoms with Gasteiger partial charge in [-0.1, -0.05) is 18.6 Å². The summed E-state index contributed by atoms with van der Waals surface area (Å²) in [6.07, 6.45) is 4.50. The van der Waals surface area contributed by atoms with Crippen LogP contribution in [0.25, 0.3) is 0 Å². The van der Waals surface area contributed by atoms with Gasteiger partial charge in [0.05, 0.1) is 10.8 Å². The minimum atomic E-state index is -0.814. The van der Waals surface area contributed by atoms with Crippen molar-refractivity contribution in [3.63, 3.8) is 0 Å². The van der Waals surface area contributed by atoms with Gasteiger partial charge in [-0.25, -0.2) is 0 Å². The zero-order chi connectivity index (χ0) is 18.0. The topological polar surface area (TPSA) is 101 Å². The highest BCUT2D eigenvalue weighted by Crippen LogP contribution is 2.35. The number of nitro benzene ring substituents is 1. The highest BCUT2D eigenvalue weighted by atomic mass is 16.6. The van der Waals surface area contributed by atoms with Crippen LogP contribution >= 0.6 is 0 Å². The first kappa shape index (κ1) is 17.4. The second-order valence-corrected chi connectivity index (χ2v) is 7.02. The molecule has 2 fully saturated rings. The van der Waals surface area contributed by atoms with E-state index < -0.39 is 16.8 Å². The summed E-state index contributed by atoms with van der Waals surface area (Å²) in [7, 11) is 0. The van der Waals surface area contributed by atoms with Gasteiger partial charge in [0, 0.05) is 30.6 Å². The third kappa shape index (κ3) is 4.15. The Morgan fingerprint density at radius 1 is 1.12 bits per heavy atom. The molecule has 2 unspecified atom stereocenters. The number of carbonyl (C=O) groups is 2. The number of carbonyl (C=O) groups excluding carboxylic acids is 1. The van der Waals surface area contributed by atoms with E-state index in [9.17, 15) is 24.8 Å². The summed E-state index contributed by atoms with van der Waals surface area (Å²) in [5, 5.41) is 20.0. The molecular weight excluding hydrogens is 324 g/mol. The van der Waals surface area contributed by atoms with Crippen LogP contribution in [-0.4, -0.2) is 32.8 Å². The molecule has 0 spiro atoms. The van der Waals surface area contributed by atoms with Gasteiger partial charge in [-0.3, -0.25) is 19.7 Å². The summed E-state index contributed by atoms with van der Waals surface area (Å²) in [6, 6.07) is 6.48. The first-order valence-corrected chi connectivity index (χ1v) is 8.72. The molecule has 7 nitrogen and oxygen atoms in total. The quantitative estimate of drug-likeness (QED) is 0.630. The number of carboxylic acids is 1. The van der Waals surface area contributed by atoms with Crippen molar-refractivity contribution in [1.29, 1.82) is 0 Å². The molecular formula is C18H22N2O5. The van der Waals surface area contributed by atoms with Crippen LogP contribution in [0.3, 0.4) is 0 Å². The summed E-state index contributed by atoms with van der Waals surface area (Å²) in [6.45, 7) is 0.426. The van der Waals surface area contributed by atoms with Gasteiger partial charge in [0.1, 0.15) is 0 Å². The fourth-order valence-corrected chi connectivity index (χ4v) is 3.57. The van der Waals surface area contributed by atoms with Crippen molar-refractivity contribution in [3.8, 4) is 0 Å². The Kier molecular flexibility index (Phi) is 5.01. The molecule has 2 atom stereocenters. The van der Waals surface area contributed by atoms with Crippen molar-refractivity contribution in [1.82, 2.24) is 4.90 Å². The van der Waals surface area contributed by atoms with Crippen molar-refractivity contribution < 1.29 is 19.6 Å². The van der Waals surface area contributed by atoms with E-state index in [1.807, 2.05) is 4.90 Å². The molecule has 1 amide bonds. The molecule has 1 aromatic rings. The fraction of sp³-hybridized carbons (Fsp3) is 0.556. The van der Waals surface area contributed by atoms with Crippen molar-refractivity contribution >= 4 is 17.6 Å². The van der Waals surface area contributed by atoms with Gasteiger partial charge in [-0.15, -0.1) is 0 Å². The van der Waals surface area contributed by atoms with Gasteiger partial charge in [0.2, 0.25) is 5.91 Å². The number of non-ortho nitro benzene ring substituents is 1. The monoisotopic (exact) mass is 346 g/mol. The van der Waals surface area contributed by atoms with E-state index in [-0.39, 0.29) is 23.6 Å². The van der Waals surface area contributed by atoms with E-state index in [1.165, 1.54) is 12.1 Å². The second kappa shape index (κ2) is 7.21. The van der Waals surface area contributed by atoms with E-state index in [4.69, 9.17) is 0 Å². The zero-order valence-electron chi connectivity index (χ0n) is 14.0. The Labute approximate surface area is 145 Å². The number of hydrogen-bond donors (Lipinski definition) is 1. The molecule has 0 saturated heterocycles. The highest BCUT2D eigenvalue weighted by Gasteiger charge is 2.38. The highest BCUT2D eigenvalue weighted by molar-refractivity contribution is 5.81. The number of aliphatic carboxylic acids is 1. The minimum Gasteiger partial charge on any atom is -0.481 e. The summed E-state index contributed by atoms with van der Waals surface area (Å²) in [4.78, 5) is 36.3. The van der Waals surface area contributed by atoms with Gasteiger partial charge in [0.15, 0.2) is 0 Å². The van der Waals surface area contributed by atoms with Crippen LogP contribution in [0.4, 0.5) is 5.69 Å². The lowest BCUT2D eigenvalue weighted by molar-refractivity contribution is -0.384.